The average molecular weight is 216 g/mol. The molecule has 1 aromatic rings. The molecule has 1 atom stereocenters. The maximum absolute atomic E-state index is 5.61. The van der Waals surface area contributed by atoms with E-state index in [1.54, 1.807) is 0 Å². The predicted molar refractivity (Wildman–Crippen MR) is 65.9 cm³/mol. The van der Waals surface area contributed by atoms with Crippen molar-refractivity contribution in [1.82, 2.24) is 4.90 Å². The van der Waals surface area contributed by atoms with Gasteiger partial charge in [0.2, 0.25) is 0 Å². The van der Waals surface area contributed by atoms with Crippen LogP contribution in [0.2, 0.25) is 0 Å². The summed E-state index contributed by atoms with van der Waals surface area (Å²) >= 11 is 0. The van der Waals surface area contributed by atoms with E-state index >= 15 is 0 Å². The molecular weight excluding hydrogens is 196 g/mol. The first-order valence-electron chi connectivity index (χ1n) is 6.29. The highest BCUT2D eigenvalue weighted by atomic mass is 15.2. The minimum atomic E-state index is 0.689. The number of hydrogen-bond donors (Lipinski definition) is 1. The van der Waals surface area contributed by atoms with Crippen molar-refractivity contribution >= 4 is 0 Å². The van der Waals surface area contributed by atoms with E-state index < -0.39 is 0 Å². The lowest BCUT2D eigenvalue weighted by Crippen LogP contribution is -2.48. The van der Waals surface area contributed by atoms with Gasteiger partial charge in [0, 0.05) is 19.6 Å². The van der Waals surface area contributed by atoms with Gasteiger partial charge in [-0.15, -0.1) is 0 Å². The third-order valence-corrected chi connectivity index (χ3v) is 4.20. The molecule has 2 aliphatic rings. The van der Waals surface area contributed by atoms with Crippen LogP contribution in [0.15, 0.2) is 30.3 Å². The molecule has 2 fully saturated rings. The Balaban J connectivity index is 1.49. The Morgan fingerprint density at radius 3 is 2.69 bits per heavy atom. The van der Waals surface area contributed by atoms with Crippen molar-refractivity contribution in [2.75, 3.05) is 19.6 Å². The lowest BCUT2D eigenvalue weighted by atomic mass is 9.92. The van der Waals surface area contributed by atoms with Gasteiger partial charge in [0.25, 0.3) is 0 Å². The largest absolute Gasteiger partial charge is 0.330 e. The molecule has 1 saturated heterocycles. The number of nitrogens with zero attached hydrogens (tertiary/aromatic N) is 1. The number of benzene rings is 1. The molecule has 0 amide bonds. The Morgan fingerprint density at radius 1 is 1.25 bits per heavy atom. The number of hydrogen-bond acceptors (Lipinski definition) is 2. The van der Waals surface area contributed by atoms with E-state index in [0.717, 1.165) is 19.0 Å². The minimum Gasteiger partial charge on any atom is -0.330 e. The van der Waals surface area contributed by atoms with Crippen LogP contribution in [0.5, 0.6) is 0 Å². The molecule has 2 nitrogen and oxygen atoms in total. The van der Waals surface area contributed by atoms with Crippen molar-refractivity contribution in [1.29, 1.82) is 0 Å². The quantitative estimate of drug-likeness (QED) is 0.832. The summed E-state index contributed by atoms with van der Waals surface area (Å²) in [5.74, 6) is 0.935. The molecule has 0 aromatic heterocycles. The second-order valence-corrected chi connectivity index (χ2v) is 5.47. The molecular formula is C14H20N2. The Hall–Kier alpha value is -0.860. The van der Waals surface area contributed by atoms with Gasteiger partial charge in [0.05, 0.1) is 0 Å². The third kappa shape index (κ3) is 1.76. The Bertz CT molecular complexity index is 354. The first-order valence-corrected chi connectivity index (χ1v) is 6.29. The maximum Gasteiger partial charge on any atom is 0.0234 e. The third-order valence-electron chi connectivity index (χ3n) is 4.20. The highest BCUT2D eigenvalue weighted by molar-refractivity contribution is 5.17. The zero-order valence-electron chi connectivity index (χ0n) is 9.73. The van der Waals surface area contributed by atoms with Gasteiger partial charge in [-0.05, 0) is 36.3 Å². The summed E-state index contributed by atoms with van der Waals surface area (Å²) in [4.78, 5) is 2.56. The number of nitrogens with two attached hydrogens (primary N) is 1. The van der Waals surface area contributed by atoms with Crippen LogP contribution in [0.4, 0.5) is 0 Å². The van der Waals surface area contributed by atoms with Gasteiger partial charge in [-0.3, -0.25) is 4.90 Å². The first-order chi connectivity index (χ1) is 7.82. The van der Waals surface area contributed by atoms with E-state index in [9.17, 15) is 0 Å². The van der Waals surface area contributed by atoms with Gasteiger partial charge in [-0.1, -0.05) is 30.3 Å². The van der Waals surface area contributed by atoms with Crippen LogP contribution in [0.3, 0.4) is 0 Å². The van der Waals surface area contributed by atoms with Crippen molar-refractivity contribution in [3.8, 4) is 0 Å². The SMILES string of the molecule is NCCC1CC12CN(Cc1ccccc1)C2. The smallest absolute Gasteiger partial charge is 0.0234 e. The molecule has 1 unspecified atom stereocenters. The molecule has 1 aliphatic heterocycles. The molecule has 1 heterocycles. The fraction of sp³-hybridized carbons (Fsp3) is 0.571. The van der Waals surface area contributed by atoms with E-state index in [1.807, 2.05) is 0 Å². The molecule has 16 heavy (non-hydrogen) atoms. The topological polar surface area (TPSA) is 29.3 Å². The molecule has 1 spiro atoms. The van der Waals surface area contributed by atoms with Gasteiger partial charge >= 0.3 is 0 Å². The van der Waals surface area contributed by atoms with Gasteiger partial charge in [0.1, 0.15) is 0 Å². The summed E-state index contributed by atoms with van der Waals surface area (Å²) in [7, 11) is 0. The van der Waals surface area contributed by atoms with Gasteiger partial charge in [-0.2, -0.15) is 0 Å². The highest BCUT2D eigenvalue weighted by Crippen LogP contribution is 2.60. The van der Waals surface area contributed by atoms with Crippen LogP contribution < -0.4 is 5.73 Å². The van der Waals surface area contributed by atoms with Crippen LogP contribution in [0.1, 0.15) is 18.4 Å². The summed E-state index contributed by atoms with van der Waals surface area (Å²) in [6, 6.07) is 10.8. The Kier molecular flexibility index (Phi) is 2.49. The molecule has 1 aliphatic carbocycles. The van der Waals surface area contributed by atoms with Crippen LogP contribution >= 0.6 is 0 Å². The molecule has 1 saturated carbocycles. The Morgan fingerprint density at radius 2 is 2.00 bits per heavy atom. The van der Waals surface area contributed by atoms with Crippen LogP contribution in [0, 0.1) is 11.3 Å². The molecule has 0 bridgehead atoms. The van der Waals surface area contributed by atoms with Crippen molar-refractivity contribution in [2.24, 2.45) is 17.1 Å². The minimum absolute atomic E-state index is 0.689. The first kappa shape index (κ1) is 10.3. The molecule has 2 N–H and O–H groups in total. The van der Waals surface area contributed by atoms with Crippen LogP contribution in [-0.2, 0) is 6.54 Å². The average Bonchev–Trinajstić information content (AvgIpc) is 2.94. The molecule has 86 valence electrons. The molecule has 0 radical (unpaired) electrons. The Labute approximate surface area is 97.4 Å². The fourth-order valence-electron chi connectivity index (χ4n) is 3.23. The zero-order valence-corrected chi connectivity index (χ0v) is 9.73. The van der Waals surface area contributed by atoms with E-state index in [1.165, 1.54) is 31.5 Å². The normalized spacial score (nSPS) is 26.7. The predicted octanol–water partition coefficient (Wildman–Crippen LogP) is 1.86. The lowest BCUT2D eigenvalue weighted by Gasteiger charge is -2.41. The summed E-state index contributed by atoms with van der Waals surface area (Å²) in [5.41, 5.74) is 7.74. The molecule has 1 aromatic carbocycles. The van der Waals surface area contributed by atoms with E-state index in [0.29, 0.717) is 5.41 Å². The van der Waals surface area contributed by atoms with E-state index in [4.69, 9.17) is 5.73 Å². The van der Waals surface area contributed by atoms with E-state index in [2.05, 4.69) is 35.2 Å². The summed E-state index contributed by atoms with van der Waals surface area (Å²) in [6.45, 7) is 4.59. The van der Waals surface area contributed by atoms with E-state index in [-0.39, 0.29) is 0 Å². The standard InChI is InChI=1S/C14H20N2/c15-7-6-13-8-14(13)10-16(11-14)9-12-4-2-1-3-5-12/h1-5,13H,6-11,15H2. The number of likely N-dealkylation sites (tertiary alicyclic amines) is 1. The van der Waals surface area contributed by atoms with Gasteiger partial charge in [0.15, 0.2) is 0 Å². The summed E-state index contributed by atoms with van der Waals surface area (Å²) in [6.07, 6.45) is 2.66. The lowest BCUT2D eigenvalue weighted by molar-refractivity contribution is 0.0606. The van der Waals surface area contributed by atoms with Crippen molar-refractivity contribution in [3.05, 3.63) is 35.9 Å². The molecule has 2 heteroatoms. The fourth-order valence-corrected chi connectivity index (χ4v) is 3.23. The van der Waals surface area contributed by atoms with Gasteiger partial charge in [-0.25, -0.2) is 0 Å². The zero-order chi connectivity index (χ0) is 11.0. The van der Waals surface area contributed by atoms with Crippen molar-refractivity contribution < 1.29 is 0 Å². The highest BCUT2D eigenvalue weighted by Gasteiger charge is 2.59. The van der Waals surface area contributed by atoms with Crippen LogP contribution in [-0.4, -0.2) is 24.5 Å². The maximum atomic E-state index is 5.61. The summed E-state index contributed by atoms with van der Waals surface area (Å²) in [5, 5.41) is 0. The van der Waals surface area contributed by atoms with Crippen molar-refractivity contribution in [2.45, 2.75) is 19.4 Å². The second-order valence-electron chi connectivity index (χ2n) is 5.47. The second kappa shape index (κ2) is 3.86. The molecule has 3 rings (SSSR count). The monoisotopic (exact) mass is 216 g/mol. The summed E-state index contributed by atoms with van der Waals surface area (Å²) < 4.78 is 0. The van der Waals surface area contributed by atoms with Gasteiger partial charge < -0.3 is 5.73 Å². The van der Waals surface area contributed by atoms with Crippen molar-refractivity contribution in [3.63, 3.8) is 0 Å². The number of rotatable bonds is 4. The van der Waals surface area contributed by atoms with Crippen LogP contribution in [0.25, 0.3) is 0 Å².